The Hall–Kier alpha value is -2.96. The number of amides is 1. The van der Waals surface area contributed by atoms with Crippen molar-refractivity contribution < 1.29 is 18.0 Å². The minimum atomic E-state index is -4.54. The van der Waals surface area contributed by atoms with Gasteiger partial charge >= 0.3 is 6.18 Å². The summed E-state index contributed by atoms with van der Waals surface area (Å²) in [5.41, 5.74) is 0. The topological polar surface area (TPSA) is 92.1 Å². The maximum absolute atomic E-state index is 13.3. The fourth-order valence-corrected chi connectivity index (χ4v) is 5.96. The minimum absolute atomic E-state index is 0.0463. The highest BCUT2D eigenvalue weighted by molar-refractivity contribution is 7.18. The number of likely N-dealkylation sites (tertiary alicyclic amines) is 1. The molecule has 1 saturated heterocycles. The van der Waals surface area contributed by atoms with E-state index in [2.05, 4.69) is 28.5 Å². The Morgan fingerprint density at radius 3 is 2.75 bits per heavy atom. The van der Waals surface area contributed by atoms with Gasteiger partial charge in [-0.1, -0.05) is 20.3 Å². The number of rotatable bonds is 7. The van der Waals surface area contributed by atoms with Crippen LogP contribution in [0.4, 0.5) is 24.9 Å². The number of hydrogen-bond donors (Lipinski definition) is 1. The van der Waals surface area contributed by atoms with Crippen LogP contribution in [0, 0.1) is 0 Å². The van der Waals surface area contributed by atoms with E-state index in [1.807, 2.05) is 16.7 Å². The van der Waals surface area contributed by atoms with Crippen molar-refractivity contribution in [3.8, 4) is 0 Å². The largest absolute Gasteiger partial charge is 0.451 e. The second kappa shape index (κ2) is 9.83. The number of nitrogens with zero attached hydrogens (tertiary/aromatic N) is 7. The van der Waals surface area contributed by atoms with Gasteiger partial charge < -0.3 is 19.7 Å². The van der Waals surface area contributed by atoms with Crippen molar-refractivity contribution in [1.29, 1.82) is 0 Å². The van der Waals surface area contributed by atoms with E-state index in [-0.39, 0.29) is 30.9 Å². The SMILES string of the molecule is CCCC(=O)N1CC[C@H](Nc2nc(N3CCn4c(nnc4C(F)(F)F)C3)c3cc(CCC)sc3n2)C1. The smallest absolute Gasteiger partial charge is 0.350 e. The van der Waals surface area contributed by atoms with E-state index in [0.717, 1.165) is 40.5 Å². The Morgan fingerprint density at radius 1 is 1.17 bits per heavy atom. The number of alkyl halides is 3. The van der Waals surface area contributed by atoms with Gasteiger partial charge in [0.1, 0.15) is 10.6 Å². The first-order valence-corrected chi connectivity index (χ1v) is 13.2. The zero-order chi connectivity index (χ0) is 25.4. The molecule has 1 N–H and O–H groups in total. The van der Waals surface area contributed by atoms with Crippen LogP contribution >= 0.6 is 11.3 Å². The summed E-state index contributed by atoms with van der Waals surface area (Å²) in [5, 5.41) is 11.5. The molecule has 3 aromatic heterocycles. The van der Waals surface area contributed by atoms with Gasteiger partial charge in [0.2, 0.25) is 17.7 Å². The van der Waals surface area contributed by atoms with Gasteiger partial charge in [0.05, 0.1) is 11.9 Å². The molecule has 5 rings (SSSR count). The molecule has 0 bridgehead atoms. The monoisotopic (exact) mass is 522 g/mol. The van der Waals surface area contributed by atoms with E-state index in [9.17, 15) is 18.0 Å². The van der Waals surface area contributed by atoms with Crippen LogP contribution in [0.25, 0.3) is 10.2 Å². The Labute approximate surface area is 210 Å². The van der Waals surface area contributed by atoms with Crippen LogP contribution in [0.1, 0.15) is 56.1 Å². The van der Waals surface area contributed by atoms with Crippen molar-refractivity contribution in [1.82, 2.24) is 29.6 Å². The number of carbonyl (C=O) groups is 1. The third kappa shape index (κ3) is 4.84. The lowest BCUT2D eigenvalue weighted by molar-refractivity contribution is -0.147. The Morgan fingerprint density at radius 2 is 2.00 bits per heavy atom. The van der Waals surface area contributed by atoms with Gasteiger partial charge in [-0.15, -0.1) is 21.5 Å². The number of fused-ring (bicyclic) bond motifs is 2. The van der Waals surface area contributed by atoms with Crippen molar-refractivity contribution >= 4 is 39.2 Å². The van der Waals surface area contributed by atoms with Crippen LogP contribution in [0.5, 0.6) is 0 Å². The quantitative estimate of drug-likeness (QED) is 0.500. The van der Waals surface area contributed by atoms with E-state index in [1.54, 1.807) is 11.3 Å². The molecule has 0 saturated carbocycles. The Kier molecular flexibility index (Phi) is 6.75. The van der Waals surface area contributed by atoms with E-state index < -0.39 is 12.0 Å². The zero-order valence-corrected chi connectivity index (χ0v) is 21.1. The maximum atomic E-state index is 13.3. The number of anilines is 2. The highest BCUT2D eigenvalue weighted by atomic mass is 32.1. The van der Waals surface area contributed by atoms with E-state index in [1.165, 1.54) is 4.88 Å². The molecule has 9 nitrogen and oxygen atoms in total. The molecule has 0 unspecified atom stereocenters. The molecule has 2 aliphatic heterocycles. The first-order chi connectivity index (χ1) is 17.3. The molecule has 5 heterocycles. The fraction of sp³-hybridized carbons (Fsp3) is 0.609. The molecule has 1 fully saturated rings. The molecule has 0 aromatic carbocycles. The molecule has 2 aliphatic rings. The van der Waals surface area contributed by atoms with Crippen LogP contribution in [0.3, 0.4) is 0 Å². The van der Waals surface area contributed by atoms with Crippen molar-refractivity contribution in [3.63, 3.8) is 0 Å². The Bertz CT molecular complexity index is 1260. The predicted octanol–water partition coefficient (Wildman–Crippen LogP) is 4.09. The number of carbonyl (C=O) groups excluding carboxylic acids is 1. The van der Waals surface area contributed by atoms with Crippen LogP contribution in [0.2, 0.25) is 0 Å². The average molecular weight is 523 g/mol. The molecule has 0 spiro atoms. The summed E-state index contributed by atoms with van der Waals surface area (Å²) in [4.78, 5) is 27.7. The summed E-state index contributed by atoms with van der Waals surface area (Å²) in [6.07, 6.45) is -0.442. The maximum Gasteiger partial charge on any atom is 0.451 e. The number of nitrogens with one attached hydrogen (secondary N) is 1. The molecule has 1 atom stereocenters. The van der Waals surface area contributed by atoms with E-state index in [4.69, 9.17) is 9.97 Å². The number of halogens is 3. The van der Waals surface area contributed by atoms with Gasteiger partial charge in [0.25, 0.3) is 0 Å². The molecular formula is C23H29F3N8OS. The number of aryl methyl sites for hydroxylation is 1. The summed E-state index contributed by atoms with van der Waals surface area (Å²) >= 11 is 1.61. The normalized spacial score (nSPS) is 18.2. The van der Waals surface area contributed by atoms with Crippen LogP contribution < -0.4 is 10.2 Å². The van der Waals surface area contributed by atoms with Crippen LogP contribution in [-0.4, -0.2) is 61.2 Å². The number of aromatic nitrogens is 5. The van der Waals surface area contributed by atoms with Crippen molar-refractivity contribution in [2.45, 2.75) is 71.3 Å². The first kappa shape index (κ1) is 24.7. The third-order valence-corrected chi connectivity index (χ3v) is 7.65. The fourth-order valence-electron chi connectivity index (χ4n) is 4.84. The molecule has 1 amide bonds. The molecule has 13 heteroatoms. The lowest BCUT2D eigenvalue weighted by Gasteiger charge is -2.29. The second-order valence-electron chi connectivity index (χ2n) is 9.28. The summed E-state index contributed by atoms with van der Waals surface area (Å²) in [6.45, 7) is 6.06. The van der Waals surface area contributed by atoms with Crippen LogP contribution in [-0.2, 0) is 30.5 Å². The summed E-state index contributed by atoms with van der Waals surface area (Å²) < 4.78 is 41.0. The summed E-state index contributed by atoms with van der Waals surface area (Å²) in [5.74, 6) is 0.620. The second-order valence-corrected chi connectivity index (χ2v) is 10.4. The molecule has 0 radical (unpaired) electrons. The minimum Gasteiger partial charge on any atom is -0.350 e. The third-order valence-electron chi connectivity index (χ3n) is 6.56. The Balaban J connectivity index is 1.43. The van der Waals surface area contributed by atoms with Gasteiger partial charge in [-0.25, -0.2) is 4.98 Å². The highest BCUT2D eigenvalue weighted by Crippen LogP contribution is 2.35. The van der Waals surface area contributed by atoms with Gasteiger partial charge in [-0.2, -0.15) is 18.2 Å². The molecule has 194 valence electrons. The standard InChI is InChI=1S/C23H29F3N8OS/c1-3-5-15-11-16-19(33-9-10-34-17(13-33)30-31-21(34)23(24,25)26)28-22(29-20(16)36-15)27-14-7-8-32(12-14)18(35)6-4-2/h11,14H,3-10,12-13H2,1-2H3,(H,27,28,29)/t14-/m0/s1. The van der Waals surface area contributed by atoms with E-state index in [0.29, 0.717) is 37.8 Å². The molecule has 3 aromatic rings. The molecular weight excluding hydrogens is 493 g/mol. The molecule has 36 heavy (non-hydrogen) atoms. The molecule has 0 aliphatic carbocycles. The first-order valence-electron chi connectivity index (χ1n) is 12.4. The van der Waals surface area contributed by atoms with Gasteiger partial charge in [0.15, 0.2) is 5.82 Å². The highest BCUT2D eigenvalue weighted by Gasteiger charge is 2.40. The van der Waals surface area contributed by atoms with Gasteiger partial charge in [-0.05, 0) is 25.3 Å². The number of thiophene rings is 1. The lowest BCUT2D eigenvalue weighted by Crippen LogP contribution is -2.36. The summed E-state index contributed by atoms with van der Waals surface area (Å²) in [7, 11) is 0. The van der Waals surface area contributed by atoms with Crippen molar-refractivity contribution in [2.24, 2.45) is 0 Å². The lowest BCUT2D eigenvalue weighted by atomic mass is 10.2. The average Bonchev–Trinajstić information content (AvgIpc) is 3.56. The van der Waals surface area contributed by atoms with E-state index >= 15 is 0 Å². The zero-order valence-electron chi connectivity index (χ0n) is 20.3. The summed E-state index contributed by atoms with van der Waals surface area (Å²) in [6, 6.07) is 2.13. The van der Waals surface area contributed by atoms with Crippen LogP contribution in [0.15, 0.2) is 6.07 Å². The predicted molar refractivity (Wildman–Crippen MR) is 131 cm³/mol. The van der Waals surface area contributed by atoms with Gasteiger partial charge in [0, 0.05) is 43.5 Å². The number of hydrogen-bond acceptors (Lipinski definition) is 8. The van der Waals surface area contributed by atoms with Gasteiger partial charge in [-0.3, -0.25) is 4.79 Å². The van der Waals surface area contributed by atoms with Crippen molar-refractivity contribution in [2.75, 3.05) is 29.9 Å². The van der Waals surface area contributed by atoms with Crippen molar-refractivity contribution in [3.05, 3.63) is 22.6 Å².